The van der Waals surface area contributed by atoms with Crippen LogP contribution in [0.25, 0.3) is 0 Å². The van der Waals surface area contributed by atoms with Gasteiger partial charge in [-0.3, -0.25) is 4.98 Å². The minimum Gasteiger partial charge on any atom is -0.381 e. The van der Waals surface area contributed by atoms with Crippen molar-refractivity contribution in [2.45, 2.75) is 10.4 Å². The summed E-state index contributed by atoms with van der Waals surface area (Å²) in [6, 6.07) is 3.16. The molecule has 0 atom stereocenters. The van der Waals surface area contributed by atoms with Crippen molar-refractivity contribution < 1.29 is 21.6 Å². The van der Waals surface area contributed by atoms with Crippen LogP contribution in [0.2, 0.25) is 9.36 Å². The molecule has 124 valence electrons. The van der Waals surface area contributed by atoms with Crippen LogP contribution < -0.4 is 5.73 Å². The van der Waals surface area contributed by atoms with Crippen LogP contribution in [-0.2, 0) is 16.2 Å². The second-order valence-electron chi connectivity index (χ2n) is 4.06. The summed E-state index contributed by atoms with van der Waals surface area (Å²) in [6.45, 7) is 0. The van der Waals surface area contributed by atoms with E-state index >= 15 is 0 Å². The molecular weight excluding hydrogens is 398 g/mol. The fraction of sp³-hybridized carbons (Fsp3) is 0.0909. The van der Waals surface area contributed by atoms with E-state index in [0.29, 0.717) is 12.3 Å². The number of hydrogen-bond donors (Lipinski definition) is 1. The second-order valence-corrected chi connectivity index (χ2v) is 8.02. The van der Waals surface area contributed by atoms with Crippen LogP contribution in [0.1, 0.15) is 11.3 Å². The lowest BCUT2D eigenvalue weighted by Crippen LogP contribution is -2.19. The zero-order valence-electron chi connectivity index (χ0n) is 10.8. The fourth-order valence-electron chi connectivity index (χ4n) is 1.44. The smallest absolute Gasteiger partial charge is 0.381 e. The highest BCUT2D eigenvalue weighted by Crippen LogP contribution is 2.31. The van der Waals surface area contributed by atoms with Gasteiger partial charge in [0.2, 0.25) is 0 Å². The molecule has 0 spiro atoms. The van der Waals surface area contributed by atoms with Gasteiger partial charge in [-0.05, 0) is 18.2 Å². The van der Waals surface area contributed by atoms with E-state index in [2.05, 4.69) is 9.38 Å². The molecule has 0 saturated heterocycles. The van der Waals surface area contributed by atoms with E-state index < -0.39 is 32.6 Å². The molecule has 0 radical (unpaired) electrons. The zero-order chi connectivity index (χ0) is 17.4. The summed E-state index contributed by atoms with van der Waals surface area (Å²) in [4.78, 5) is 3.43. The monoisotopic (exact) mass is 403 g/mol. The number of rotatable bonds is 3. The molecule has 2 rings (SSSR count). The predicted molar refractivity (Wildman–Crippen MR) is 81.5 cm³/mol. The number of amidine groups is 1. The summed E-state index contributed by atoms with van der Waals surface area (Å²) in [6.07, 6.45) is -4.15. The third kappa shape index (κ3) is 4.14. The molecule has 0 bridgehead atoms. The van der Waals surface area contributed by atoms with Crippen molar-refractivity contribution in [3.8, 4) is 0 Å². The van der Waals surface area contributed by atoms with Gasteiger partial charge in [0.15, 0.2) is 5.84 Å². The normalized spacial score (nSPS) is 13.3. The van der Waals surface area contributed by atoms with E-state index in [4.69, 9.17) is 28.9 Å². The Balaban J connectivity index is 2.42. The van der Waals surface area contributed by atoms with Gasteiger partial charge < -0.3 is 5.73 Å². The van der Waals surface area contributed by atoms with Crippen molar-refractivity contribution in [2.75, 3.05) is 0 Å². The number of aromatic nitrogens is 1. The van der Waals surface area contributed by atoms with Crippen LogP contribution in [0.3, 0.4) is 0 Å². The lowest BCUT2D eigenvalue weighted by atomic mass is 10.2. The molecule has 23 heavy (non-hydrogen) atoms. The molecule has 0 unspecified atom stereocenters. The van der Waals surface area contributed by atoms with Gasteiger partial charge in [-0.1, -0.05) is 23.2 Å². The van der Waals surface area contributed by atoms with Crippen molar-refractivity contribution in [1.82, 2.24) is 4.98 Å². The van der Waals surface area contributed by atoms with Crippen LogP contribution in [0.15, 0.2) is 33.0 Å². The Morgan fingerprint density at radius 1 is 1.30 bits per heavy atom. The minimum absolute atomic E-state index is 0.173. The van der Waals surface area contributed by atoms with Gasteiger partial charge in [-0.15, -0.1) is 15.7 Å². The average Bonchev–Trinajstić information content (AvgIpc) is 2.84. The number of nitrogens with two attached hydrogens (primary N) is 1. The van der Waals surface area contributed by atoms with Gasteiger partial charge in [-0.2, -0.15) is 21.6 Å². The van der Waals surface area contributed by atoms with E-state index in [1.165, 1.54) is 12.1 Å². The summed E-state index contributed by atoms with van der Waals surface area (Å²) in [5.74, 6) is -0.631. The first kappa shape index (κ1) is 18.0. The van der Waals surface area contributed by atoms with Crippen molar-refractivity contribution in [3.05, 3.63) is 45.0 Å². The molecule has 2 heterocycles. The maximum atomic E-state index is 12.5. The number of sulfonamides is 1. The molecule has 0 aliphatic heterocycles. The maximum absolute atomic E-state index is 12.5. The molecule has 2 aromatic heterocycles. The minimum atomic E-state index is -4.64. The molecular formula is C11H6Cl2F3N3O2S2. The first-order chi connectivity index (χ1) is 10.5. The largest absolute Gasteiger partial charge is 0.417 e. The Morgan fingerprint density at radius 3 is 2.43 bits per heavy atom. The van der Waals surface area contributed by atoms with Gasteiger partial charge in [-0.25, -0.2) is 0 Å². The van der Waals surface area contributed by atoms with Crippen LogP contribution >= 0.6 is 34.5 Å². The highest BCUT2D eigenvalue weighted by atomic mass is 35.5. The van der Waals surface area contributed by atoms with Crippen LogP contribution in [0.5, 0.6) is 0 Å². The molecule has 0 aliphatic carbocycles. The Hall–Kier alpha value is -1.36. The molecule has 2 aromatic rings. The number of alkyl halides is 3. The van der Waals surface area contributed by atoms with Crippen molar-refractivity contribution in [2.24, 2.45) is 10.1 Å². The first-order valence-electron chi connectivity index (χ1n) is 5.59. The highest BCUT2D eigenvalue weighted by Gasteiger charge is 2.32. The number of halogens is 5. The van der Waals surface area contributed by atoms with E-state index in [1.54, 1.807) is 0 Å². The molecule has 5 nitrogen and oxygen atoms in total. The van der Waals surface area contributed by atoms with Crippen LogP contribution in [-0.4, -0.2) is 19.2 Å². The van der Waals surface area contributed by atoms with Crippen molar-refractivity contribution >= 4 is 50.4 Å². The Labute approximate surface area is 142 Å². The predicted octanol–water partition coefficient (Wildman–Crippen LogP) is 3.56. The number of thiophene rings is 1. The van der Waals surface area contributed by atoms with E-state index in [1.807, 2.05) is 0 Å². The summed E-state index contributed by atoms with van der Waals surface area (Å²) >= 11 is 12.1. The fourth-order valence-corrected chi connectivity index (χ4v) is 4.09. The van der Waals surface area contributed by atoms with Crippen LogP contribution in [0, 0.1) is 0 Å². The summed E-state index contributed by atoms with van der Waals surface area (Å²) in [5, 5.41) is -0.472. The third-order valence-electron chi connectivity index (χ3n) is 2.43. The van der Waals surface area contributed by atoms with Gasteiger partial charge >= 0.3 is 6.18 Å². The van der Waals surface area contributed by atoms with E-state index in [0.717, 1.165) is 11.3 Å². The van der Waals surface area contributed by atoms with Crippen molar-refractivity contribution in [1.29, 1.82) is 0 Å². The van der Waals surface area contributed by atoms with Gasteiger partial charge in [0.05, 0.1) is 14.9 Å². The number of pyridine rings is 1. The first-order valence-corrected chi connectivity index (χ1v) is 8.61. The van der Waals surface area contributed by atoms with Gasteiger partial charge in [0, 0.05) is 6.20 Å². The molecule has 2 N–H and O–H groups in total. The van der Waals surface area contributed by atoms with E-state index in [-0.39, 0.29) is 14.2 Å². The second kappa shape index (κ2) is 6.27. The zero-order valence-corrected chi connectivity index (χ0v) is 13.9. The third-order valence-corrected chi connectivity index (χ3v) is 5.71. The number of hydrogen-bond acceptors (Lipinski definition) is 4. The quantitative estimate of drug-likeness (QED) is 0.626. The molecule has 0 fully saturated rings. The molecule has 0 aromatic carbocycles. The molecule has 12 heteroatoms. The molecule has 0 aliphatic rings. The summed E-state index contributed by atoms with van der Waals surface area (Å²) in [7, 11) is -4.17. The van der Waals surface area contributed by atoms with Crippen molar-refractivity contribution in [3.63, 3.8) is 0 Å². The lowest BCUT2D eigenvalue weighted by molar-refractivity contribution is -0.137. The van der Waals surface area contributed by atoms with E-state index in [9.17, 15) is 21.6 Å². The average molecular weight is 404 g/mol. The Kier molecular flexibility index (Phi) is 4.90. The Morgan fingerprint density at radius 2 is 1.96 bits per heavy atom. The maximum Gasteiger partial charge on any atom is 0.417 e. The standard InChI is InChI=1S/C11H6Cl2F3N3O2S2/c12-6-3-5(11(14,15)16)4-18-9(6)10(17)19-23(20,21)8-2-1-7(13)22-8/h1-4H,(H2,17,19). The van der Waals surface area contributed by atoms with Gasteiger partial charge in [0.25, 0.3) is 10.0 Å². The SMILES string of the molecule is N/C(=N\S(=O)(=O)c1ccc(Cl)s1)c1ncc(C(F)(F)F)cc1Cl. The van der Waals surface area contributed by atoms with Crippen LogP contribution in [0.4, 0.5) is 13.2 Å². The summed E-state index contributed by atoms with van der Waals surface area (Å²) in [5.41, 5.74) is 4.04. The summed E-state index contributed by atoms with van der Waals surface area (Å²) < 4.78 is 64.9. The topological polar surface area (TPSA) is 85.4 Å². The van der Waals surface area contributed by atoms with Gasteiger partial charge in [0.1, 0.15) is 9.90 Å². The molecule has 0 saturated carbocycles. The Bertz CT molecular complexity index is 879. The number of nitrogens with zero attached hydrogens (tertiary/aromatic N) is 2. The highest BCUT2D eigenvalue weighted by molar-refractivity contribution is 7.92. The lowest BCUT2D eigenvalue weighted by Gasteiger charge is -2.08. The molecule has 0 amide bonds.